The number of hydrogen-bond acceptors (Lipinski definition) is 4. The standard InChI is InChI=1S/C14H15F2N5S/c1-3-4-21-8(2)19-20-13(21)7-22-14-17-11-5-9(15)10(16)6-12(11)18-14/h5-6H,3-4,7H2,1-2H3,(H,17,18). The van der Waals surface area contributed by atoms with E-state index in [9.17, 15) is 8.78 Å². The Morgan fingerprint density at radius 1 is 1.23 bits per heavy atom. The van der Waals surface area contributed by atoms with Crippen LogP contribution in [-0.2, 0) is 12.3 Å². The molecule has 0 spiro atoms. The minimum absolute atomic E-state index is 0.410. The summed E-state index contributed by atoms with van der Waals surface area (Å²) >= 11 is 1.43. The summed E-state index contributed by atoms with van der Waals surface area (Å²) in [5.74, 6) is 0.555. The molecule has 3 rings (SSSR count). The van der Waals surface area contributed by atoms with Gasteiger partial charge < -0.3 is 9.55 Å². The van der Waals surface area contributed by atoms with Gasteiger partial charge in [0.05, 0.1) is 16.8 Å². The van der Waals surface area contributed by atoms with E-state index in [0.717, 1.165) is 36.7 Å². The first-order chi connectivity index (χ1) is 10.6. The van der Waals surface area contributed by atoms with Gasteiger partial charge in [-0.2, -0.15) is 0 Å². The largest absolute Gasteiger partial charge is 0.333 e. The molecule has 0 bridgehead atoms. The average molecular weight is 323 g/mol. The lowest BCUT2D eigenvalue weighted by atomic mass is 10.3. The number of aryl methyl sites for hydroxylation is 1. The number of hydrogen-bond donors (Lipinski definition) is 1. The minimum atomic E-state index is -0.895. The van der Waals surface area contributed by atoms with E-state index >= 15 is 0 Å². The van der Waals surface area contributed by atoms with Crippen molar-refractivity contribution < 1.29 is 8.78 Å². The molecule has 0 amide bonds. The Labute approximate surface area is 130 Å². The molecular formula is C14H15F2N5S. The van der Waals surface area contributed by atoms with Crippen LogP contribution in [0.3, 0.4) is 0 Å². The molecule has 8 heteroatoms. The van der Waals surface area contributed by atoms with Gasteiger partial charge in [-0.15, -0.1) is 10.2 Å². The quantitative estimate of drug-likeness (QED) is 0.731. The zero-order chi connectivity index (χ0) is 15.7. The Morgan fingerprint density at radius 2 is 2.00 bits per heavy atom. The first-order valence-corrected chi connectivity index (χ1v) is 7.93. The van der Waals surface area contributed by atoms with E-state index in [4.69, 9.17) is 0 Å². The smallest absolute Gasteiger partial charge is 0.166 e. The number of benzene rings is 1. The third-order valence-corrected chi connectivity index (χ3v) is 4.17. The van der Waals surface area contributed by atoms with E-state index < -0.39 is 11.6 Å². The Bertz CT molecular complexity index is 772. The highest BCUT2D eigenvalue weighted by atomic mass is 32.2. The third kappa shape index (κ3) is 2.83. The van der Waals surface area contributed by atoms with Crippen LogP contribution in [0, 0.1) is 18.6 Å². The van der Waals surface area contributed by atoms with Crippen molar-refractivity contribution in [1.82, 2.24) is 24.7 Å². The zero-order valence-electron chi connectivity index (χ0n) is 12.2. The van der Waals surface area contributed by atoms with Crippen molar-refractivity contribution >= 4 is 22.8 Å². The summed E-state index contributed by atoms with van der Waals surface area (Å²) in [6, 6.07) is 2.21. The zero-order valence-corrected chi connectivity index (χ0v) is 13.0. The van der Waals surface area contributed by atoms with Crippen molar-refractivity contribution in [2.24, 2.45) is 0 Å². The van der Waals surface area contributed by atoms with Gasteiger partial charge in [-0.1, -0.05) is 18.7 Å². The summed E-state index contributed by atoms with van der Waals surface area (Å²) in [7, 11) is 0. The number of halogens is 2. The first-order valence-electron chi connectivity index (χ1n) is 6.94. The van der Waals surface area contributed by atoms with Gasteiger partial charge in [0, 0.05) is 18.7 Å². The number of aromatic nitrogens is 5. The van der Waals surface area contributed by atoms with Gasteiger partial charge >= 0.3 is 0 Å². The molecule has 2 aromatic heterocycles. The second kappa shape index (κ2) is 6.04. The van der Waals surface area contributed by atoms with Crippen molar-refractivity contribution in [2.75, 3.05) is 0 Å². The van der Waals surface area contributed by atoms with Crippen LogP contribution in [0.15, 0.2) is 17.3 Å². The van der Waals surface area contributed by atoms with Crippen LogP contribution in [0.1, 0.15) is 25.0 Å². The molecule has 0 saturated heterocycles. The van der Waals surface area contributed by atoms with Gasteiger partial charge in [0.25, 0.3) is 0 Å². The molecule has 0 unspecified atom stereocenters. The lowest BCUT2D eigenvalue weighted by molar-refractivity contribution is 0.510. The summed E-state index contributed by atoms with van der Waals surface area (Å²) in [6.07, 6.45) is 1.000. The highest BCUT2D eigenvalue weighted by molar-refractivity contribution is 7.98. The van der Waals surface area contributed by atoms with E-state index in [1.54, 1.807) is 0 Å². The van der Waals surface area contributed by atoms with E-state index in [2.05, 4.69) is 31.7 Å². The van der Waals surface area contributed by atoms with Crippen molar-refractivity contribution in [3.63, 3.8) is 0 Å². The third-order valence-electron chi connectivity index (χ3n) is 3.30. The van der Waals surface area contributed by atoms with Gasteiger partial charge in [-0.25, -0.2) is 13.8 Å². The van der Waals surface area contributed by atoms with Crippen LogP contribution in [0.25, 0.3) is 11.0 Å². The molecule has 1 N–H and O–H groups in total. The first kappa shape index (κ1) is 15.0. The average Bonchev–Trinajstić information content (AvgIpc) is 3.02. The summed E-state index contributed by atoms with van der Waals surface area (Å²) < 4.78 is 28.5. The summed E-state index contributed by atoms with van der Waals surface area (Å²) in [5.41, 5.74) is 0.889. The fraction of sp³-hybridized carbons (Fsp3) is 0.357. The van der Waals surface area contributed by atoms with Gasteiger partial charge in [0.15, 0.2) is 16.8 Å². The molecule has 0 atom stereocenters. The Kier molecular flexibility index (Phi) is 4.10. The second-order valence-corrected chi connectivity index (χ2v) is 5.89. The maximum Gasteiger partial charge on any atom is 0.166 e. The number of fused-ring (bicyclic) bond motifs is 1. The number of rotatable bonds is 5. The SMILES string of the molecule is CCCn1c(C)nnc1CSc1nc2cc(F)c(F)cc2[nH]1. The number of nitrogens with one attached hydrogen (secondary N) is 1. The number of H-pyrrole nitrogens is 1. The number of aromatic amines is 1. The van der Waals surface area contributed by atoms with E-state index in [1.165, 1.54) is 11.8 Å². The minimum Gasteiger partial charge on any atom is -0.333 e. The molecule has 116 valence electrons. The van der Waals surface area contributed by atoms with Gasteiger partial charge in [0.1, 0.15) is 11.6 Å². The van der Waals surface area contributed by atoms with Crippen molar-refractivity contribution in [3.8, 4) is 0 Å². The second-order valence-electron chi connectivity index (χ2n) is 4.93. The predicted molar refractivity (Wildman–Crippen MR) is 80.6 cm³/mol. The molecule has 2 heterocycles. The topological polar surface area (TPSA) is 59.4 Å². The molecular weight excluding hydrogens is 308 g/mol. The maximum absolute atomic E-state index is 13.2. The Balaban J connectivity index is 1.79. The Hall–Kier alpha value is -1.96. The van der Waals surface area contributed by atoms with E-state index in [-0.39, 0.29) is 0 Å². The predicted octanol–water partition coefficient (Wildman–Crippen LogP) is 3.44. The van der Waals surface area contributed by atoms with Crippen LogP contribution in [0.4, 0.5) is 8.78 Å². The monoisotopic (exact) mass is 323 g/mol. The maximum atomic E-state index is 13.2. The van der Waals surface area contributed by atoms with Crippen LogP contribution in [0.5, 0.6) is 0 Å². The lowest BCUT2D eigenvalue weighted by Crippen LogP contribution is -2.04. The van der Waals surface area contributed by atoms with E-state index in [0.29, 0.717) is 21.9 Å². The van der Waals surface area contributed by atoms with E-state index in [1.807, 2.05) is 6.92 Å². The summed E-state index contributed by atoms with van der Waals surface area (Å²) in [6.45, 7) is 4.88. The molecule has 0 aliphatic heterocycles. The summed E-state index contributed by atoms with van der Waals surface area (Å²) in [4.78, 5) is 7.24. The number of imidazole rings is 1. The van der Waals surface area contributed by atoms with Crippen molar-refractivity contribution in [3.05, 3.63) is 35.4 Å². The normalized spacial score (nSPS) is 11.5. The molecule has 0 aliphatic carbocycles. The van der Waals surface area contributed by atoms with Crippen molar-refractivity contribution in [2.45, 2.75) is 37.7 Å². The molecule has 0 saturated carbocycles. The molecule has 3 aromatic rings. The van der Waals surface area contributed by atoms with Crippen molar-refractivity contribution in [1.29, 1.82) is 0 Å². The van der Waals surface area contributed by atoms with Crippen LogP contribution in [-0.4, -0.2) is 24.7 Å². The fourth-order valence-corrected chi connectivity index (χ4v) is 3.05. The Morgan fingerprint density at radius 3 is 2.77 bits per heavy atom. The lowest BCUT2D eigenvalue weighted by Gasteiger charge is -2.05. The van der Waals surface area contributed by atoms with Gasteiger partial charge in [-0.05, 0) is 13.3 Å². The number of nitrogens with zero attached hydrogens (tertiary/aromatic N) is 4. The highest BCUT2D eigenvalue weighted by Gasteiger charge is 2.12. The molecule has 5 nitrogen and oxygen atoms in total. The molecule has 0 aliphatic rings. The number of thioether (sulfide) groups is 1. The van der Waals surface area contributed by atoms with Gasteiger partial charge in [-0.3, -0.25) is 0 Å². The molecule has 1 aromatic carbocycles. The van der Waals surface area contributed by atoms with Crippen LogP contribution < -0.4 is 0 Å². The highest BCUT2D eigenvalue weighted by Crippen LogP contribution is 2.24. The molecule has 22 heavy (non-hydrogen) atoms. The summed E-state index contributed by atoms with van der Waals surface area (Å²) in [5, 5.41) is 8.85. The van der Waals surface area contributed by atoms with Crippen LogP contribution in [0.2, 0.25) is 0 Å². The fourth-order valence-electron chi connectivity index (χ4n) is 2.23. The molecule has 0 radical (unpaired) electrons. The van der Waals surface area contributed by atoms with Crippen LogP contribution >= 0.6 is 11.8 Å². The van der Waals surface area contributed by atoms with Gasteiger partial charge in [0.2, 0.25) is 0 Å². The molecule has 0 fully saturated rings.